The second-order valence-corrected chi connectivity index (χ2v) is 7.06. The van der Waals surface area contributed by atoms with E-state index in [0.717, 1.165) is 37.2 Å². The van der Waals surface area contributed by atoms with Gasteiger partial charge < -0.3 is 24.4 Å². The highest BCUT2D eigenvalue weighted by Gasteiger charge is 2.26. The molecule has 1 saturated heterocycles. The van der Waals surface area contributed by atoms with E-state index in [0.29, 0.717) is 28.9 Å². The molecule has 1 aromatic heterocycles. The lowest BCUT2D eigenvalue weighted by atomic mass is 9.99. The minimum absolute atomic E-state index is 0.0394. The second-order valence-electron chi connectivity index (χ2n) is 7.06. The average molecular weight is 399 g/mol. The molecule has 1 unspecified atom stereocenters. The Morgan fingerprint density at radius 2 is 1.79 bits per heavy atom. The molecule has 2 heterocycles. The number of piperidine rings is 1. The molecule has 1 aliphatic rings. The minimum atomic E-state index is 0.0394. The van der Waals surface area contributed by atoms with Crippen molar-refractivity contribution in [2.45, 2.75) is 38.6 Å². The first-order valence-electron chi connectivity index (χ1n) is 9.94. The molecule has 0 spiro atoms. The maximum Gasteiger partial charge on any atom is 0.255 e. The van der Waals surface area contributed by atoms with E-state index in [9.17, 15) is 4.79 Å². The van der Waals surface area contributed by atoms with Crippen LogP contribution < -0.4 is 19.5 Å². The molecule has 1 fully saturated rings. The van der Waals surface area contributed by atoms with E-state index in [-0.39, 0.29) is 5.91 Å². The van der Waals surface area contributed by atoms with Crippen molar-refractivity contribution in [3.8, 4) is 17.2 Å². The quantitative estimate of drug-likeness (QED) is 0.750. The Morgan fingerprint density at radius 1 is 1.07 bits per heavy atom. The van der Waals surface area contributed by atoms with Gasteiger partial charge in [0.25, 0.3) is 5.91 Å². The van der Waals surface area contributed by atoms with Crippen LogP contribution in [-0.2, 0) is 0 Å². The van der Waals surface area contributed by atoms with E-state index in [1.54, 1.807) is 33.7 Å². The van der Waals surface area contributed by atoms with Crippen molar-refractivity contribution in [3.05, 3.63) is 36.2 Å². The van der Waals surface area contributed by atoms with Crippen LogP contribution in [0.15, 0.2) is 30.6 Å². The third kappa shape index (κ3) is 4.55. The number of aromatic nitrogens is 1. The molecule has 3 rings (SSSR count). The maximum atomic E-state index is 13.1. The molecule has 0 bridgehead atoms. The first-order valence-corrected chi connectivity index (χ1v) is 9.94. The number of pyridine rings is 1. The number of nitrogens with one attached hydrogen (secondary N) is 1. The molecular formula is C22H29N3O4. The molecule has 29 heavy (non-hydrogen) atoms. The van der Waals surface area contributed by atoms with Crippen molar-refractivity contribution in [1.82, 2.24) is 9.88 Å². The van der Waals surface area contributed by atoms with Gasteiger partial charge in [-0.3, -0.25) is 9.78 Å². The fourth-order valence-electron chi connectivity index (χ4n) is 3.80. The number of hydrogen-bond donors (Lipinski definition) is 1. The van der Waals surface area contributed by atoms with Crippen LogP contribution in [0.1, 0.15) is 43.0 Å². The number of carbonyl (C=O) groups is 1. The van der Waals surface area contributed by atoms with Crippen LogP contribution in [0.4, 0.5) is 11.4 Å². The predicted octanol–water partition coefficient (Wildman–Crippen LogP) is 4.26. The lowest BCUT2D eigenvalue weighted by Gasteiger charge is -2.35. The number of carbonyl (C=O) groups excluding carboxylic acids is 1. The number of nitrogens with zero attached hydrogens (tertiary/aromatic N) is 2. The highest BCUT2D eigenvalue weighted by molar-refractivity contribution is 5.95. The summed E-state index contributed by atoms with van der Waals surface area (Å²) in [6.07, 6.45) is 7.60. The van der Waals surface area contributed by atoms with Gasteiger partial charge in [0.2, 0.25) is 5.75 Å². The summed E-state index contributed by atoms with van der Waals surface area (Å²) in [4.78, 5) is 19.3. The van der Waals surface area contributed by atoms with Crippen molar-refractivity contribution in [2.24, 2.45) is 0 Å². The Labute approximate surface area is 172 Å². The monoisotopic (exact) mass is 399 g/mol. The van der Waals surface area contributed by atoms with Gasteiger partial charge in [0.05, 0.1) is 38.8 Å². The summed E-state index contributed by atoms with van der Waals surface area (Å²) < 4.78 is 16.2. The van der Waals surface area contributed by atoms with Crippen LogP contribution in [0, 0.1) is 0 Å². The number of hydrogen-bond acceptors (Lipinski definition) is 6. The fourth-order valence-corrected chi connectivity index (χ4v) is 3.80. The minimum Gasteiger partial charge on any atom is -0.493 e. The zero-order valence-corrected chi connectivity index (χ0v) is 17.5. The Bertz CT molecular complexity index is 831. The molecule has 1 amide bonds. The molecule has 0 radical (unpaired) electrons. The van der Waals surface area contributed by atoms with E-state index in [1.165, 1.54) is 6.42 Å². The molecule has 0 aliphatic carbocycles. The number of amides is 1. The lowest BCUT2D eigenvalue weighted by molar-refractivity contribution is 0.0607. The normalized spacial score (nSPS) is 16.3. The van der Waals surface area contributed by atoms with Gasteiger partial charge in [0.1, 0.15) is 0 Å². The summed E-state index contributed by atoms with van der Waals surface area (Å²) in [5, 5.41) is 3.28. The van der Waals surface area contributed by atoms with Crippen molar-refractivity contribution < 1.29 is 19.0 Å². The molecule has 7 heteroatoms. The van der Waals surface area contributed by atoms with E-state index >= 15 is 0 Å². The smallest absolute Gasteiger partial charge is 0.255 e. The summed E-state index contributed by atoms with van der Waals surface area (Å²) >= 11 is 0. The van der Waals surface area contributed by atoms with Crippen molar-refractivity contribution >= 4 is 17.3 Å². The number of methoxy groups -OCH3 is 3. The number of rotatable bonds is 7. The van der Waals surface area contributed by atoms with Gasteiger partial charge >= 0.3 is 0 Å². The van der Waals surface area contributed by atoms with Gasteiger partial charge in [0, 0.05) is 36.6 Å². The Balaban J connectivity index is 1.84. The van der Waals surface area contributed by atoms with Crippen LogP contribution in [0.5, 0.6) is 17.2 Å². The van der Waals surface area contributed by atoms with Crippen LogP contribution in [0.25, 0.3) is 0 Å². The largest absolute Gasteiger partial charge is 0.493 e. The van der Waals surface area contributed by atoms with Crippen LogP contribution in [-0.4, -0.2) is 49.7 Å². The summed E-state index contributed by atoms with van der Waals surface area (Å²) in [7, 11) is 4.71. The van der Waals surface area contributed by atoms with Crippen LogP contribution in [0.2, 0.25) is 0 Å². The Kier molecular flexibility index (Phi) is 6.80. The first kappa shape index (κ1) is 20.8. The SMILES string of the molecule is CCC1CCCCN1C(=O)c1cncc(Nc2cc(OC)c(OC)c(OC)c2)c1. The fraction of sp³-hybridized carbons (Fsp3) is 0.455. The molecule has 1 aromatic carbocycles. The van der Waals surface area contributed by atoms with Gasteiger partial charge in [-0.1, -0.05) is 6.92 Å². The van der Waals surface area contributed by atoms with Crippen molar-refractivity contribution in [2.75, 3.05) is 33.2 Å². The van der Waals surface area contributed by atoms with Gasteiger partial charge in [-0.25, -0.2) is 0 Å². The summed E-state index contributed by atoms with van der Waals surface area (Å²) in [6.45, 7) is 2.94. The molecule has 1 atom stereocenters. The van der Waals surface area contributed by atoms with Crippen LogP contribution >= 0.6 is 0 Å². The highest BCUT2D eigenvalue weighted by atomic mass is 16.5. The Hall–Kier alpha value is -2.96. The number of likely N-dealkylation sites (tertiary alicyclic amines) is 1. The van der Waals surface area contributed by atoms with Gasteiger partial charge in [-0.2, -0.15) is 0 Å². The van der Waals surface area contributed by atoms with Gasteiger partial charge in [0.15, 0.2) is 11.5 Å². The number of ether oxygens (including phenoxy) is 3. The summed E-state index contributed by atoms with van der Waals surface area (Å²) in [5.41, 5.74) is 2.05. The molecule has 1 N–H and O–H groups in total. The topological polar surface area (TPSA) is 72.9 Å². The summed E-state index contributed by atoms with van der Waals surface area (Å²) in [6, 6.07) is 5.77. The molecular weight excluding hydrogens is 370 g/mol. The Morgan fingerprint density at radius 3 is 2.41 bits per heavy atom. The second kappa shape index (κ2) is 9.49. The number of anilines is 2. The first-order chi connectivity index (χ1) is 14.1. The average Bonchev–Trinajstić information content (AvgIpc) is 2.77. The van der Waals surface area contributed by atoms with Crippen LogP contribution in [0.3, 0.4) is 0 Å². The predicted molar refractivity (Wildman–Crippen MR) is 113 cm³/mol. The standard InChI is InChI=1S/C22H29N3O4/c1-5-18-8-6-7-9-25(18)22(26)15-10-17(14-23-13-15)24-16-11-19(27-2)21(29-4)20(12-16)28-3/h10-14,18,24H,5-9H2,1-4H3. The van der Waals surface area contributed by atoms with Gasteiger partial charge in [-0.05, 0) is 31.7 Å². The molecule has 2 aromatic rings. The van der Waals surface area contributed by atoms with E-state index in [1.807, 2.05) is 23.1 Å². The maximum absolute atomic E-state index is 13.1. The zero-order chi connectivity index (χ0) is 20.8. The zero-order valence-electron chi connectivity index (χ0n) is 17.5. The van der Waals surface area contributed by atoms with E-state index in [4.69, 9.17) is 14.2 Å². The molecule has 7 nitrogen and oxygen atoms in total. The highest BCUT2D eigenvalue weighted by Crippen LogP contribution is 2.40. The summed E-state index contributed by atoms with van der Waals surface area (Å²) in [5.74, 6) is 1.66. The molecule has 1 aliphatic heterocycles. The lowest BCUT2D eigenvalue weighted by Crippen LogP contribution is -2.43. The molecule has 0 saturated carbocycles. The molecule has 156 valence electrons. The van der Waals surface area contributed by atoms with Crippen molar-refractivity contribution in [1.29, 1.82) is 0 Å². The number of benzene rings is 1. The van der Waals surface area contributed by atoms with E-state index in [2.05, 4.69) is 17.2 Å². The van der Waals surface area contributed by atoms with Gasteiger partial charge in [-0.15, -0.1) is 0 Å². The third-order valence-electron chi connectivity index (χ3n) is 5.30. The van der Waals surface area contributed by atoms with Crippen molar-refractivity contribution in [3.63, 3.8) is 0 Å². The van der Waals surface area contributed by atoms with E-state index < -0.39 is 0 Å². The third-order valence-corrected chi connectivity index (χ3v) is 5.30.